The number of allylic oxidation sites excluding steroid dienone is 2. The lowest BCUT2D eigenvalue weighted by Gasteiger charge is -2.25. The Labute approximate surface area is 123 Å². The number of nitrogens with one attached hydrogen (secondary N) is 1. The lowest BCUT2D eigenvalue weighted by Crippen LogP contribution is -2.41. The Kier molecular flexibility index (Phi) is 3.49. The highest BCUT2D eigenvalue weighted by Crippen LogP contribution is 2.48. The highest BCUT2D eigenvalue weighted by atomic mass is 16.4. The molecule has 0 saturated heterocycles. The standard InChI is InChI=1S/C16H18N2O3/c1-9(12-3-2-6-17-8-12)18-15(19)13-10-4-5-11(7-10)14(13)16(20)21/h2-6,8-11,13-14H,7H2,1H3,(H,18,19)(H,20,21)/t9-,10?,11?,13-,14+/m0/s1. The zero-order valence-electron chi connectivity index (χ0n) is 11.8. The summed E-state index contributed by atoms with van der Waals surface area (Å²) in [7, 11) is 0. The van der Waals surface area contributed by atoms with E-state index in [9.17, 15) is 14.7 Å². The van der Waals surface area contributed by atoms with E-state index in [0.717, 1.165) is 12.0 Å². The van der Waals surface area contributed by atoms with E-state index in [2.05, 4.69) is 10.3 Å². The molecule has 0 spiro atoms. The molecule has 0 aromatic carbocycles. The Morgan fingerprint density at radius 2 is 2.05 bits per heavy atom. The van der Waals surface area contributed by atoms with E-state index in [1.807, 2.05) is 31.2 Å². The maximum absolute atomic E-state index is 12.5. The van der Waals surface area contributed by atoms with Crippen LogP contribution in [0.3, 0.4) is 0 Å². The van der Waals surface area contributed by atoms with Gasteiger partial charge < -0.3 is 10.4 Å². The number of aromatic nitrogens is 1. The third-order valence-electron chi connectivity index (χ3n) is 4.59. The number of aliphatic carboxylic acids is 1. The minimum Gasteiger partial charge on any atom is -0.481 e. The molecule has 0 aliphatic heterocycles. The Hall–Kier alpha value is -2.17. The van der Waals surface area contributed by atoms with Crippen molar-refractivity contribution in [1.29, 1.82) is 0 Å². The third-order valence-corrected chi connectivity index (χ3v) is 4.59. The number of carboxylic acids is 1. The number of carboxylic acid groups (broad SMARTS) is 1. The molecule has 5 atom stereocenters. The predicted octanol–water partition coefficient (Wildman–Crippen LogP) is 1.78. The molecule has 3 rings (SSSR count). The van der Waals surface area contributed by atoms with Gasteiger partial charge in [-0.1, -0.05) is 18.2 Å². The van der Waals surface area contributed by atoms with Crippen LogP contribution in [0, 0.1) is 23.7 Å². The molecule has 1 aromatic rings. The lowest BCUT2D eigenvalue weighted by molar-refractivity contribution is -0.148. The van der Waals surface area contributed by atoms with Gasteiger partial charge in [0.15, 0.2) is 0 Å². The molecule has 5 heteroatoms. The summed E-state index contributed by atoms with van der Waals surface area (Å²) in [5, 5.41) is 12.3. The van der Waals surface area contributed by atoms with Crippen molar-refractivity contribution in [2.24, 2.45) is 23.7 Å². The maximum atomic E-state index is 12.5. The number of pyridine rings is 1. The molecule has 5 nitrogen and oxygen atoms in total. The zero-order chi connectivity index (χ0) is 15.0. The van der Waals surface area contributed by atoms with Gasteiger partial charge in [0.2, 0.25) is 5.91 Å². The van der Waals surface area contributed by atoms with Crippen LogP contribution >= 0.6 is 0 Å². The van der Waals surface area contributed by atoms with Gasteiger partial charge in [0.1, 0.15) is 0 Å². The van der Waals surface area contributed by atoms with E-state index in [1.54, 1.807) is 12.4 Å². The Balaban J connectivity index is 1.73. The molecule has 1 amide bonds. The molecule has 110 valence electrons. The van der Waals surface area contributed by atoms with Crippen LogP contribution in [0.1, 0.15) is 24.9 Å². The van der Waals surface area contributed by atoms with Gasteiger partial charge in [-0.25, -0.2) is 0 Å². The highest BCUT2D eigenvalue weighted by Gasteiger charge is 2.51. The second-order valence-corrected chi connectivity index (χ2v) is 5.85. The molecule has 2 N–H and O–H groups in total. The number of fused-ring (bicyclic) bond motifs is 2. The minimum atomic E-state index is -0.874. The van der Waals surface area contributed by atoms with Crippen molar-refractivity contribution in [2.75, 3.05) is 0 Å². The van der Waals surface area contributed by atoms with Crippen LogP contribution in [0.2, 0.25) is 0 Å². The van der Waals surface area contributed by atoms with Gasteiger partial charge in [0.05, 0.1) is 17.9 Å². The number of carbonyl (C=O) groups excluding carboxylic acids is 1. The summed E-state index contributed by atoms with van der Waals surface area (Å²) in [5.41, 5.74) is 0.913. The normalized spacial score (nSPS) is 31.1. The van der Waals surface area contributed by atoms with Crippen LogP contribution < -0.4 is 5.32 Å². The second kappa shape index (κ2) is 5.31. The summed E-state index contributed by atoms with van der Waals surface area (Å²) >= 11 is 0. The van der Waals surface area contributed by atoms with Gasteiger partial charge in [-0.05, 0) is 36.8 Å². The first-order chi connectivity index (χ1) is 10.1. The van der Waals surface area contributed by atoms with Gasteiger partial charge in [0.25, 0.3) is 0 Å². The highest BCUT2D eigenvalue weighted by molar-refractivity contribution is 5.87. The van der Waals surface area contributed by atoms with Crippen molar-refractivity contribution >= 4 is 11.9 Å². The number of hydrogen-bond donors (Lipinski definition) is 2. The van der Waals surface area contributed by atoms with Crippen LogP contribution in [-0.4, -0.2) is 22.0 Å². The zero-order valence-corrected chi connectivity index (χ0v) is 11.8. The smallest absolute Gasteiger partial charge is 0.307 e. The number of amides is 1. The monoisotopic (exact) mass is 286 g/mol. The van der Waals surface area contributed by atoms with Crippen LogP contribution in [0.25, 0.3) is 0 Å². The fourth-order valence-electron chi connectivity index (χ4n) is 3.54. The molecule has 2 bridgehead atoms. The van der Waals surface area contributed by atoms with Gasteiger partial charge in [-0.3, -0.25) is 14.6 Å². The number of hydrogen-bond acceptors (Lipinski definition) is 3. The molecular weight excluding hydrogens is 268 g/mol. The lowest BCUT2D eigenvalue weighted by atomic mass is 9.82. The Morgan fingerprint density at radius 1 is 1.33 bits per heavy atom. The average molecular weight is 286 g/mol. The van der Waals surface area contributed by atoms with Gasteiger partial charge in [-0.15, -0.1) is 0 Å². The van der Waals surface area contributed by atoms with Crippen LogP contribution in [-0.2, 0) is 9.59 Å². The Morgan fingerprint density at radius 3 is 2.67 bits per heavy atom. The van der Waals surface area contributed by atoms with Gasteiger partial charge in [-0.2, -0.15) is 0 Å². The van der Waals surface area contributed by atoms with E-state index >= 15 is 0 Å². The molecule has 21 heavy (non-hydrogen) atoms. The van der Waals surface area contributed by atoms with Crippen molar-refractivity contribution in [3.63, 3.8) is 0 Å². The van der Waals surface area contributed by atoms with E-state index in [1.165, 1.54) is 0 Å². The second-order valence-electron chi connectivity index (χ2n) is 5.85. The number of rotatable bonds is 4. The summed E-state index contributed by atoms with van der Waals surface area (Å²) < 4.78 is 0. The molecule has 1 heterocycles. The molecule has 1 saturated carbocycles. The van der Waals surface area contributed by atoms with E-state index in [0.29, 0.717) is 0 Å². The Bertz CT molecular complexity index is 584. The largest absolute Gasteiger partial charge is 0.481 e. The topological polar surface area (TPSA) is 79.3 Å². The first kappa shape index (κ1) is 13.8. The van der Waals surface area contributed by atoms with Crippen LogP contribution in [0.15, 0.2) is 36.7 Å². The summed E-state index contributed by atoms with van der Waals surface area (Å²) in [4.78, 5) is 28.0. The van der Waals surface area contributed by atoms with E-state index in [-0.39, 0.29) is 23.8 Å². The molecule has 0 radical (unpaired) electrons. The molecule has 2 aliphatic rings. The number of nitrogens with zero attached hydrogens (tertiary/aromatic N) is 1. The molecule has 2 aliphatic carbocycles. The van der Waals surface area contributed by atoms with Gasteiger partial charge >= 0.3 is 5.97 Å². The summed E-state index contributed by atoms with van der Waals surface area (Å²) in [6.45, 7) is 1.88. The number of carbonyl (C=O) groups is 2. The fourth-order valence-corrected chi connectivity index (χ4v) is 3.54. The third kappa shape index (κ3) is 2.44. The maximum Gasteiger partial charge on any atom is 0.307 e. The quantitative estimate of drug-likeness (QED) is 0.827. The SMILES string of the molecule is C[C@H](NC(=O)[C@H]1C2C=CC(C2)[C@H]1C(=O)O)c1cccnc1. The fraction of sp³-hybridized carbons (Fsp3) is 0.438. The van der Waals surface area contributed by atoms with E-state index < -0.39 is 17.8 Å². The first-order valence-electron chi connectivity index (χ1n) is 7.19. The van der Waals surface area contributed by atoms with Crippen molar-refractivity contribution in [3.05, 3.63) is 42.2 Å². The summed E-state index contributed by atoms with van der Waals surface area (Å²) in [6.07, 6.45) is 8.09. The molecular formula is C16H18N2O3. The first-order valence-corrected chi connectivity index (χ1v) is 7.19. The molecule has 1 fully saturated rings. The minimum absolute atomic E-state index is 0.00283. The van der Waals surface area contributed by atoms with Crippen molar-refractivity contribution in [1.82, 2.24) is 10.3 Å². The van der Waals surface area contributed by atoms with Crippen LogP contribution in [0.4, 0.5) is 0 Å². The molecule has 1 aromatic heterocycles. The predicted molar refractivity (Wildman–Crippen MR) is 76.1 cm³/mol. The van der Waals surface area contributed by atoms with E-state index in [4.69, 9.17) is 0 Å². The summed E-state index contributed by atoms with van der Waals surface area (Å²) in [5.74, 6) is -2.05. The molecule has 2 unspecified atom stereocenters. The van der Waals surface area contributed by atoms with Crippen molar-refractivity contribution in [3.8, 4) is 0 Å². The summed E-state index contributed by atoms with van der Waals surface area (Å²) in [6, 6.07) is 3.54. The van der Waals surface area contributed by atoms with Crippen molar-refractivity contribution < 1.29 is 14.7 Å². The van der Waals surface area contributed by atoms with Crippen molar-refractivity contribution in [2.45, 2.75) is 19.4 Å². The van der Waals surface area contributed by atoms with Gasteiger partial charge in [0, 0.05) is 12.4 Å². The average Bonchev–Trinajstić information content (AvgIpc) is 3.08. The van der Waals surface area contributed by atoms with Crippen LogP contribution in [0.5, 0.6) is 0 Å².